The van der Waals surface area contributed by atoms with E-state index in [4.69, 9.17) is 0 Å². The highest BCUT2D eigenvalue weighted by Crippen LogP contribution is 2.18. The second-order valence-electron chi connectivity index (χ2n) is 6.65. The number of nitrogens with one attached hydrogen (secondary N) is 1. The number of piperidine rings is 1. The summed E-state index contributed by atoms with van der Waals surface area (Å²) in [5.41, 5.74) is 0.348. The van der Waals surface area contributed by atoms with Crippen LogP contribution >= 0.6 is 0 Å². The molecule has 0 spiro atoms. The Morgan fingerprint density at radius 1 is 1.00 bits per heavy atom. The van der Waals surface area contributed by atoms with Gasteiger partial charge in [0.15, 0.2) is 0 Å². The zero-order valence-corrected chi connectivity index (χ0v) is 11.8. The van der Waals surface area contributed by atoms with Crippen LogP contribution in [0.4, 0.5) is 0 Å². The maximum Gasteiger partial charge on any atom is 0.0126 e. The van der Waals surface area contributed by atoms with E-state index in [1.54, 1.807) is 0 Å². The minimum Gasteiger partial charge on any atom is -0.317 e. The van der Waals surface area contributed by atoms with Crippen molar-refractivity contribution in [2.24, 2.45) is 5.92 Å². The van der Waals surface area contributed by atoms with Crippen molar-refractivity contribution in [3.05, 3.63) is 0 Å². The molecule has 0 bridgehead atoms. The monoisotopic (exact) mass is 239 g/mol. The smallest absolute Gasteiger partial charge is 0.0126 e. The van der Waals surface area contributed by atoms with Crippen LogP contribution in [0.5, 0.6) is 0 Å². The molecule has 2 saturated heterocycles. The Morgan fingerprint density at radius 3 is 2.12 bits per heavy atom. The van der Waals surface area contributed by atoms with E-state index < -0.39 is 0 Å². The summed E-state index contributed by atoms with van der Waals surface area (Å²) in [6.07, 6.45) is 2.75. The number of nitrogens with zero attached hydrogens (tertiary/aromatic N) is 2. The molecule has 0 aromatic carbocycles. The third-order valence-corrected chi connectivity index (χ3v) is 4.30. The first kappa shape index (κ1) is 13.3. The average molecular weight is 239 g/mol. The second kappa shape index (κ2) is 5.68. The summed E-state index contributed by atoms with van der Waals surface area (Å²) in [7, 11) is 0. The average Bonchev–Trinajstić information content (AvgIpc) is 2.30. The fraction of sp³-hybridized carbons (Fsp3) is 1.00. The van der Waals surface area contributed by atoms with Gasteiger partial charge in [-0.15, -0.1) is 0 Å². The van der Waals surface area contributed by atoms with Crippen LogP contribution in [0, 0.1) is 5.92 Å². The largest absolute Gasteiger partial charge is 0.317 e. The van der Waals surface area contributed by atoms with E-state index in [0.29, 0.717) is 5.54 Å². The van der Waals surface area contributed by atoms with E-state index >= 15 is 0 Å². The summed E-state index contributed by atoms with van der Waals surface area (Å²) in [5, 5.41) is 3.45. The molecule has 0 aromatic heterocycles. The Balaban J connectivity index is 1.71. The predicted molar refractivity (Wildman–Crippen MR) is 73.4 cm³/mol. The second-order valence-corrected chi connectivity index (χ2v) is 6.65. The Morgan fingerprint density at radius 2 is 1.59 bits per heavy atom. The molecule has 2 heterocycles. The zero-order chi connectivity index (χ0) is 12.3. The van der Waals surface area contributed by atoms with E-state index in [1.165, 1.54) is 58.7 Å². The molecule has 2 aliphatic rings. The number of piperazine rings is 1. The molecule has 0 aromatic rings. The highest BCUT2D eigenvalue weighted by molar-refractivity contribution is 4.83. The number of hydrogen-bond donors (Lipinski definition) is 1. The first-order valence-corrected chi connectivity index (χ1v) is 7.24. The Kier molecular flexibility index (Phi) is 4.45. The lowest BCUT2D eigenvalue weighted by atomic mass is 9.97. The quantitative estimate of drug-likeness (QED) is 0.786. The van der Waals surface area contributed by atoms with Gasteiger partial charge in [0.1, 0.15) is 0 Å². The Labute approximate surface area is 107 Å². The van der Waals surface area contributed by atoms with Crippen molar-refractivity contribution in [2.45, 2.75) is 39.2 Å². The Bertz CT molecular complexity index is 220. The van der Waals surface area contributed by atoms with Gasteiger partial charge in [0, 0.05) is 38.3 Å². The highest BCUT2D eigenvalue weighted by Gasteiger charge is 2.26. The van der Waals surface area contributed by atoms with E-state index in [-0.39, 0.29) is 0 Å². The minimum absolute atomic E-state index is 0.348. The molecular formula is C14H29N3. The van der Waals surface area contributed by atoms with Crippen LogP contribution < -0.4 is 5.32 Å². The maximum absolute atomic E-state index is 3.45. The van der Waals surface area contributed by atoms with Crippen molar-refractivity contribution >= 4 is 0 Å². The van der Waals surface area contributed by atoms with E-state index in [9.17, 15) is 0 Å². The third kappa shape index (κ3) is 3.94. The van der Waals surface area contributed by atoms with E-state index in [0.717, 1.165) is 5.92 Å². The van der Waals surface area contributed by atoms with Gasteiger partial charge >= 0.3 is 0 Å². The van der Waals surface area contributed by atoms with Crippen molar-refractivity contribution < 1.29 is 0 Å². The maximum atomic E-state index is 3.45. The Hall–Kier alpha value is -0.120. The molecule has 2 rings (SSSR count). The normalized spacial score (nSPS) is 26.3. The van der Waals surface area contributed by atoms with Gasteiger partial charge in [-0.1, -0.05) is 0 Å². The van der Waals surface area contributed by atoms with Crippen LogP contribution in [-0.2, 0) is 0 Å². The molecule has 0 saturated carbocycles. The molecule has 0 radical (unpaired) electrons. The van der Waals surface area contributed by atoms with Crippen molar-refractivity contribution in [1.82, 2.24) is 15.1 Å². The molecule has 100 valence electrons. The van der Waals surface area contributed by atoms with Crippen molar-refractivity contribution in [1.29, 1.82) is 0 Å². The topological polar surface area (TPSA) is 18.5 Å². The van der Waals surface area contributed by atoms with E-state index in [2.05, 4.69) is 35.9 Å². The first-order valence-electron chi connectivity index (χ1n) is 7.24. The molecule has 1 N–H and O–H groups in total. The molecule has 17 heavy (non-hydrogen) atoms. The van der Waals surface area contributed by atoms with Gasteiger partial charge in [0.25, 0.3) is 0 Å². The van der Waals surface area contributed by atoms with Crippen LogP contribution in [0.25, 0.3) is 0 Å². The number of hydrogen-bond acceptors (Lipinski definition) is 3. The van der Waals surface area contributed by atoms with Crippen LogP contribution in [0.3, 0.4) is 0 Å². The fourth-order valence-corrected chi connectivity index (χ4v) is 3.03. The van der Waals surface area contributed by atoms with Gasteiger partial charge in [-0.05, 0) is 52.6 Å². The van der Waals surface area contributed by atoms with Crippen LogP contribution in [0.2, 0.25) is 0 Å². The van der Waals surface area contributed by atoms with Crippen molar-refractivity contribution in [2.75, 3.05) is 45.8 Å². The lowest BCUT2D eigenvalue weighted by molar-refractivity contribution is 0.0528. The van der Waals surface area contributed by atoms with Gasteiger partial charge in [-0.3, -0.25) is 4.90 Å². The van der Waals surface area contributed by atoms with Crippen LogP contribution in [0.15, 0.2) is 0 Å². The van der Waals surface area contributed by atoms with Gasteiger partial charge in [-0.2, -0.15) is 0 Å². The summed E-state index contributed by atoms with van der Waals surface area (Å²) >= 11 is 0. The molecule has 2 fully saturated rings. The van der Waals surface area contributed by atoms with Gasteiger partial charge in [0.05, 0.1) is 0 Å². The first-order chi connectivity index (χ1) is 8.05. The highest BCUT2D eigenvalue weighted by atomic mass is 15.3. The summed E-state index contributed by atoms with van der Waals surface area (Å²) in [6, 6.07) is 0. The molecule has 3 heteroatoms. The summed E-state index contributed by atoms with van der Waals surface area (Å²) in [6.45, 7) is 15.8. The molecule has 3 nitrogen and oxygen atoms in total. The van der Waals surface area contributed by atoms with Gasteiger partial charge in [-0.25, -0.2) is 0 Å². The fourth-order valence-electron chi connectivity index (χ4n) is 3.03. The van der Waals surface area contributed by atoms with Crippen molar-refractivity contribution in [3.8, 4) is 0 Å². The summed E-state index contributed by atoms with van der Waals surface area (Å²) in [5.74, 6) is 0.942. The minimum atomic E-state index is 0.348. The van der Waals surface area contributed by atoms with Crippen molar-refractivity contribution in [3.63, 3.8) is 0 Å². The zero-order valence-electron chi connectivity index (χ0n) is 11.8. The molecular weight excluding hydrogens is 210 g/mol. The molecule has 0 aliphatic carbocycles. The lowest BCUT2D eigenvalue weighted by Gasteiger charge is -2.43. The van der Waals surface area contributed by atoms with Gasteiger partial charge in [0.2, 0.25) is 0 Å². The van der Waals surface area contributed by atoms with Crippen LogP contribution in [-0.4, -0.2) is 61.2 Å². The predicted octanol–water partition coefficient (Wildman–Crippen LogP) is 1.40. The van der Waals surface area contributed by atoms with E-state index in [1.807, 2.05) is 0 Å². The molecule has 0 amide bonds. The SMILES string of the molecule is CC(C)(C)N1CCN(CC2CCNCC2)CC1. The third-order valence-electron chi connectivity index (χ3n) is 4.30. The van der Waals surface area contributed by atoms with Crippen LogP contribution in [0.1, 0.15) is 33.6 Å². The molecule has 2 aliphatic heterocycles. The van der Waals surface area contributed by atoms with Gasteiger partial charge < -0.3 is 10.2 Å². The standard InChI is InChI=1S/C14H29N3/c1-14(2,3)17-10-8-16(9-11-17)12-13-4-6-15-7-5-13/h13,15H,4-12H2,1-3H3. The summed E-state index contributed by atoms with van der Waals surface area (Å²) < 4.78 is 0. The lowest BCUT2D eigenvalue weighted by Crippen LogP contribution is -2.54. The number of rotatable bonds is 2. The summed E-state index contributed by atoms with van der Waals surface area (Å²) in [4.78, 5) is 5.30. The molecule has 0 unspecified atom stereocenters. The molecule has 0 atom stereocenters.